The summed E-state index contributed by atoms with van der Waals surface area (Å²) in [5.74, 6) is 0.834. The quantitative estimate of drug-likeness (QED) is 0.534. The van der Waals surface area contributed by atoms with E-state index in [0.717, 1.165) is 32.1 Å². The monoisotopic (exact) mass is 392 g/mol. The van der Waals surface area contributed by atoms with Gasteiger partial charge in [-0.3, -0.25) is 9.89 Å². The van der Waals surface area contributed by atoms with Crippen LogP contribution in [0.4, 0.5) is 13.2 Å². The van der Waals surface area contributed by atoms with Crippen LogP contribution in [-0.2, 0) is 4.74 Å². The highest BCUT2D eigenvalue weighted by molar-refractivity contribution is 5.80. The number of ether oxygens (including phenoxy) is 1. The third-order valence-corrected chi connectivity index (χ3v) is 6.04. The van der Waals surface area contributed by atoms with E-state index < -0.39 is 12.2 Å². The number of rotatable bonds is 7. The summed E-state index contributed by atoms with van der Waals surface area (Å²) in [5.41, 5.74) is 0.212. The molecule has 0 spiro atoms. The van der Waals surface area contributed by atoms with Crippen LogP contribution >= 0.6 is 0 Å². The lowest BCUT2D eigenvalue weighted by Gasteiger charge is -2.40. The maximum absolute atomic E-state index is 12.9. The predicted molar refractivity (Wildman–Crippen MR) is 102 cm³/mol. The van der Waals surface area contributed by atoms with Crippen molar-refractivity contribution in [2.45, 2.75) is 58.2 Å². The Labute approximate surface area is 161 Å². The molecule has 1 unspecified atom stereocenters. The molecule has 0 aromatic heterocycles. The minimum Gasteiger partial charge on any atom is -0.385 e. The minimum atomic E-state index is -4.17. The second kappa shape index (κ2) is 9.96. The first kappa shape index (κ1) is 22.3. The topological polar surface area (TPSA) is 40.1 Å². The number of halogens is 3. The van der Waals surface area contributed by atoms with Crippen LogP contribution in [0.2, 0.25) is 0 Å². The molecule has 1 N–H and O–H groups in total. The number of piperazine rings is 1. The van der Waals surface area contributed by atoms with E-state index in [4.69, 9.17) is 9.73 Å². The van der Waals surface area contributed by atoms with Gasteiger partial charge in [-0.2, -0.15) is 13.2 Å². The van der Waals surface area contributed by atoms with Gasteiger partial charge in [0.1, 0.15) is 6.04 Å². The molecule has 1 aliphatic heterocycles. The van der Waals surface area contributed by atoms with Crippen LogP contribution in [-0.4, -0.2) is 81.0 Å². The molecule has 0 bridgehead atoms. The first-order chi connectivity index (χ1) is 12.8. The fourth-order valence-electron chi connectivity index (χ4n) is 4.13. The van der Waals surface area contributed by atoms with E-state index in [1.165, 1.54) is 37.5 Å². The molecule has 2 rings (SSSR count). The van der Waals surface area contributed by atoms with Crippen molar-refractivity contribution >= 4 is 5.96 Å². The van der Waals surface area contributed by atoms with Gasteiger partial charge >= 0.3 is 6.18 Å². The molecule has 0 amide bonds. The van der Waals surface area contributed by atoms with Gasteiger partial charge in [-0.05, 0) is 38.5 Å². The molecule has 27 heavy (non-hydrogen) atoms. The number of nitrogens with one attached hydrogen (secondary N) is 1. The van der Waals surface area contributed by atoms with Gasteiger partial charge in [-0.1, -0.05) is 12.8 Å². The maximum atomic E-state index is 12.9. The van der Waals surface area contributed by atoms with Crippen molar-refractivity contribution in [2.24, 2.45) is 10.4 Å². The minimum absolute atomic E-state index is 0.212. The van der Waals surface area contributed by atoms with Crippen molar-refractivity contribution in [1.82, 2.24) is 15.1 Å². The third-order valence-electron chi connectivity index (χ3n) is 6.04. The molecule has 1 heterocycles. The zero-order chi connectivity index (χ0) is 19.9. The van der Waals surface area contributed by atoms with Gasteiger partial charge in [0, 0.05) is 53.0 Å². The van der Waals surface area contributed by atoms with Crippen molar-refractivity contribution < 1.29 is 17.9 Å². The fourth-order valence-corrected chi connectivity index (χ4v) is 4.13. The Morgan fingerprint density at radius 3 is 2.33 bits per heavy atom. The summed E-state index contributed by atoms with van der Waals surface area (Å²) in [6.45, 7) is 7.47. The van der Waals surface area contributed by atoms with E-state index in [1.807, 2.05) is 6.92 Å². The Hall–Kier alpha value is -1.02. The normalized spacial score (nSPS) is 22.9. The van der Waals surface area contributed by atoms with Crippen LogP contribution in [0, 0.1) is 5.41 Å². The van der Waals surface area contributed by atoms with Crippen LogP contribution in [0.1, 0.15) is 46.0 Å². The summed E-state index contributed by atoms with van der Waals surface area (Å²) < 4.78 is 44.1. The SMILES string of the molecule is CCNC(=NCC1(CCOC)CCCC1)N1CCN(C(C)C(F)(F)F)CC1. The average Bonchev–Trinajstić information content (AvgIpc) is 3.11. The van der Waals surface area contributed by atoms with E-state index >= 15 is 0 Å². The second-order valence-corrected chi connectivity index (χ2v) is 7.86. The van der Waals surface area contributed by atoms with E-state index in [1.54, 1.807) is 7.11 Å². The Balaban J connectivity index is 1.97. The lowest BCUT2D eigenvalue weighted by atomic mass is 9.83. The van der Waals surface area contributed by atoms with Crippen molar-refractivity contribution in [1.29, 1.82) is 0 Å². The number of guanidine groups is 1. The lowest BCUT2D eigenvalue weighted by Crippen LogP contribution is -2.56. The molecular weight excluding hydrogens is 357 g/mol. The molecule has 2 aliphatic rings. The smallest absolute Gasteiger partial charge is 0.385 e. The first-order valence-corrected chi connectivity index (χ1v) is 10.1. The third kappa shape index (κ3) is 6.24. The second-order valence-electron chi connectivity index (χ2n) is 7.86. The Kier molecular flexibility index (Phi) is 8.21. The standard InChI is InChI=1S/C19H35F3N4O/c1-4-23-17(24-15-18(9-14-27-3)7-5-6-8-18)26-12-10-25(11-13-26)16(2)19(20,21)22/h16H,4-15H2,1-3H3,(H,23,24). The van der Waals surface area contributed by atoms with E-state index in [0.29, 0.717) is 26.2 Å². The van der Waals surface area contributed by atoms with E-state index in [2.05, 4.69) is 10.2 Å². The van der Waals surface area contributed by atoms with Crippen molar-refractivity contribution in [3.8, 4) is 0 Å². The Morgan fingerprint density at radius 2 is 1.81 bits per heavy atom. The Bertz CT molecular complexity index is 470. The van der Waals surface area contributed by atoms with Gasteiger partial charge in [-0.15, -0.1) is 0 Å². The van der Waals surface area contributed by atoms with E-state index in [9.17, 15) is 13.2 Å². The highest BCUT2D eigenvalue weighted by Crippen LogP contribution is 2.41. The van der Waals surface area contributed by atoms with E-state index in [-0.39, 0.29) is 5.41 Å². The maximum Gasteiger partial charge on any atom is 0.403 e. The van der Waals surface area contributed by atoms with Crippen LogP contribution in [0.25, 0.3) is 0 Å². The molecule has 0 radical (unpaired) electrons. The van der Waals surface area contributed by atoms with Crippen molar-refractivity contribution in [3.63, 3.8) is 0 Å². The fraction of sp³-hybridized carbons (Fsp3) is 0.947. The number of alkyl halides is 3. The molecule has 2 fully saturated rings. The summed E-state index contributed by atoms with van der Waals surface area (Å²) in [6.07, 6.45) is 1.68. The van der Waals surface area contributed by atoms with Gasteiger partial charge in [0.15, 0.2) is 5.96 Å². The zero-order valence-corrected chi connectivity index (χ0v) is 16.9. The molecule has 0 aromatic rings. The summed E-state index contributed by atoms with van der Waals surface area (Å²) in [5, 5.41) is 3.33. The number of methoxy groups -OCH3 is 1. The van der Waals surface area contributed by atoms with Gasteiger partial charge in [0.25, 0.3) is 0 Å². The molecule has 158 valence electrons. The zero-order valence-electron chi connectivity index (χ0n) is 16.9. The lowest BCUT2D eigenvalue weighted by molar-refractivity contribution is -0.181. The van der Waals surface area contributed by atoms with Gasteiger partial charge < -0.3 is 15.0 Å². The largest absolute Gasteiger partial charge is 0.403 e. The summed E-state index contributed by atoms with van der Waals surface area (Å²) in [6, 6.07) is -1.39. The molecule has 1 aliphatic carbocycles. The molecule has 1 atom stereocenters. The van der Waals surface area contributed by atoms with Gasteiger partial charge in [-0.25, -0.2) is 0 Å². The average molecular weight is 393 g/mol. The predicted octanol–water partition coefficient (Wildman–Crippen LogP) is 3.12. The van der Waals surface area contributed by atoms with Crippen LogP contribution in [0.3, 0.4) is 0 Å². The number of aliphatic imine (C=N–C) groups is 1. The summed E-state index contributed by atoms with van der Waals surface area (Å²) >= 11 is 0. The molecular formula is C19H35F3N4O. The van der Waals surface area contributed by atoms with Crippen LogP contribution in [0.15, 0.2) is 4.99 Å². The molecule has 1 saturated heterocycles. The van der Waals surface area contributed by atoms with Crippen LogP contribution in [0.5, 0.6) is 0 Å². The highest BCUT2D eigenvalue weighted by Gasteiger charge is 2.41. The molecule has 1 saturated carbocycles. The van der Waals surface area contributed by atoms with Gasteiger partial charge in [0.2, 0.25) is 0 Å². The number of nitrogens with zero attached hydrogens (tertiary/aromatic N) is 3. The van der Waals surface area contributed by atoms with Crippen molar-refractivity contribution in [2.75, 3.05) is 53.0 Å². The molecule has 0 aromatic carbocycles. The van der Waals surface area contributed by atoms with Crippen LogP contribution < -0.4 is 5.32 Å². The first-order valence-electron chi connectivity index (χ1n) is 10.1. The molecule has 8 heteroatoms. The van der Waals surface area contributed by atoms with Crippen molar-refractivity contribution in [3.05, 3.63) is 0 Å². The molecule has 5 nitrogen and oxygen atoms in total. The number of hydrogen-bond acceptors (Lipinski definition) is 3. The number of hydrogen-bond donors (Lipinski definition) is 1. The highest BCUT2D eigenvalue weighted by atomic mass is 19.4. The Morgan fingerprint density at radius 1 is 1.19 bits per heavy atom. The summed E-state index contributed by atoms with van der Waals surface area (Å²) in [4.78, 5) is 8.51. The van der Waals surface area contributed by atoms with Gasteiger partial charge in [0.05, 0.1) is 0 Å². The summed E-state index contributed by atoms with van der Waals surface area (Å²) in [7, 11) is 1.73.